The van der Waals surface area contributed by atoms with E-state index in [9.17, 15) is 0 Å². The van der Waals surface area contributed by atoms with Crippen LogP contribution in [0, 0.1) is 0 Å². The molecule has 0 aliphatic carbocycles. The predicted octanol–water partition coefficient (Wildman–Crippen LogP) is 4.05. The van der Waals surface area contributed by atoms with E-state index in [4.69, 9.17) is 4.74 Å². The van der Waals surface area contributed by atoms with Crippen molar-refractivity contribution in [2.45, 2.75) is 19.4 Å². The Bertz CT molecular complexity index is 568. The van der Waals surface area contributed by atoms with Crippen LogP contribution in [0.4, 0.5) is 11.4 Å². The van der Waals surface area contributed by atoms with E-state index >= 15 is 0 Å². The van der Waals surface area contributed by atoms with Gasteiger partial charge in [0, 0.05) is 6.54 Å². The van der Waals surface area contributed by atoms with Gasteiger partial charge < -0.3 is 15.4 Å². The normalized spacial score (nSPS) is 16.8. The van der Waals surface area contributed by atoms with E-state index in [-0.39, 0.29) is 0 Å². The van der Waals surface area contributed by atoms with Gasteiger partial charge in [-0.25, -0.2) is 0 Å². The molecule has 3 nitrogen and oxygen atoms in total. The molecule has 0 aromatic heterocycles. The summed E-state index contributed by atoms with van der Waals surface area (Å²) in [6.45, 7) is 3.73. The average Bonchev–Trinajstić information content (AvgIpc) is 2.53. The summed E-state index contributed by atoms with van der Waals surface area (Å²) in [7, 11) is 0. The Kier molecular flexibility index (Phi) is 3.77. The highest BCUT2D eigenvalue weighted by Crippen LogP contribution is 2.38. The molecule has 2 aromatic rings. The zero-order chi connectivity index (χ0) is 13.8. The molecule has 0 spiro atoms. The van der Waals surface area contributed by atoms with Crippen molar-refractivity contribution in [3.8, 4) is 5.75 Å². The summed E-state index contributed by atoms with van der Waals surface area (Å²) in [5.74, 6) is 0.934. The number of hydrogen-bond donors (Lipinski definition) is 2. The Morgan fingerprint density at radius 1 is 1.10 bits per heavy atom. The molecule has 3 rings (SSSR count). The fourth-order valence-electron chi connectivity index (χ4n) is 2.50. The summed E-state index contributed by atoms with van der Waals surface area (Å²) in [4.78, 5) is 0. The summed E-state index contributed by atoms with van der Waals surface area (Å²) in [6.07, 6.45) is 1.02. The quantitative estimate of drug-likeness (QED) is 0.877. The molecule has 1 heterocycles. The molecule has 3 heteroatoms. The van der Waals surface area contributed by atoms with Gasteiger partial charge >= 0.3 is 0 Å². The van der Waals surface area contributed by atoms with Crippen molar-refractivity contribution in [3.63, 3.8) is 0 Å². The van der Waals surface area contributed by atoms with Gasteiger partial charge in [0.25, 0.3) is 0 Å². The Labute approximate surface area is 120 Å². The number of benzene rings is 2. The molecule has 1 atom stereocenters. The molecule has 0 saturated carbocycles. The van der Waals surface area contributed by atoms with Crippen LogP contribution < -0.4 is 15.4 Å². The molecule has 0 bridgehead atoms. The van der Waals surface area contributed by atoms with Crippen molar-refractivity contribution in [3.05, 3.63) is 54.1 Å². The van der Waals surface area contributed by atoms with Gasteiger partial charge in [-0.1, -0.05) is 43.3 Å². The predicted molar refractivity (Wildman–Crippen MR) is 83.5 cm³/mol. The smallest absolute Gasteiger partial charge is 0.144 e. The van der Waals surface area contributed by atoms with E-state index in [0.29, 0.717) is 6.04 Å². The van der Waals surface area contributed by atoms with Gasteiger partial charge in [-0.05, 0) is 24.1 Å². The van der Waals surface area contributed by atoms with E-state index in [1.54, 1.807) is 0 Å². The van der Waals surface area contributed by atoms with E-state index in [2.05, 4.69) is 47.9 Å². The number of para-hydroxylation sites is 1. The molecule has 104 valence electrons. The highest BCUT2D eigenvalue weighted by molar-refractivity contribution is 5.77. The Morgan fingerprint density at radius 3 is 2.75 bits per heavy atom. The van der Waals surface area contributed by atoms with E-state index in [0.717, 1.165) is 36.7 Å². The molecule has 1 unspecified atom stereocenters. The first-order valence-corrected chi connectivity index (χ1v) is 7.19. The second-order valence-corrected chi connectivity index (χ2v) is 5.02. The zero-order valence-corrected chi connectivity index (χ0v) is 11.7. The summed E-state index contributed by atoms with van der Waals surface area (Å²) in [6, 6.07) is 17.0. The third-order valence-corrected chi connectivity index (χ3v) is 3.50. The second kappa shape index (κ2) is 5.87. The van der Waals surface area contributed by atoms with Gasteiger partial charge in [0.1, 0.15) is 11.4 Å². The van der Waals surface area contributed by atoms with Crippen molar-refractivity contribution >= 4 is 11.4 Å². The monoisotopic (exact) mass is 268 g/mol. The second-order valence-electron chi connectivity index (χ2n) is 5.02. The number of anilines is 2. The maximum atomic E-state index is 5.79. The fraction of sp³-hybridized carbons (Fsp3) is 0.294. The van der Waals surface area contributed by atoms with Crippen LogP contribution in [-0.4, -0.2) is 13.2 Å². The largest absolute Gasteiger partial charge is 0.491 e. The Morgan fingerprint density at radius 2 is 1.95 bits per heavy atom. The van der Waals surface area contributed by atoms with Crippen LogP contribution in [0.1, 0.15) is 24.9 Å². The summed E-state index contributed by atoms with van der Waals surface area (Å²) in [5, 5.41) is 7.09. The highest BCUT2D eigenvalue weighted by Gasteiger charge is 2.20. The molecular weight excluding hydrogens is 248 g/mol. The number of ether oxygens (including phenoxy) is 1. The minimum atomic E-state index is 0.296. The minimum absolute atomic E-state index is 0.296. The Balaban J connectivity index is 1.82. The fourth-order valence-corrected chi connectivity index (χ4v) is 2.50. The SMILES string of the molecule is CCCOc1cccc2c1NCC(c1ccccc1)N2. The number of hydrogen-bond acceptors (Lipinski definition) is 3. The first kappa shape index (κ1) is 12.9. The summed E-state index contributed by atoms with van der Waals surface area (Å²) < 4.78 is 5.79. The first-order chi connectivity index (χ1) is 9.88. The standard InChI is InChI=1S/C17H20N2O/c1-2-11-20-16-10-6-9-14-17(16)18-12-15(19-14)13-7-4-3-5-8-13/h3-10,15,18-19H,2,11-12H2,1H3. The average molecular weight is 268 g/mol. The molecular formula is C17H20N2O. The lowest BCUT2D eigenvalue weighted by atomic mass is 10.0. The van der Waals surface area contributed by atoms with Gasteiger partial charge in [-0.3, -0.25) is 0 Å². The van der Waals surface area contributed by atoms with Crippen LogP contribution in [0.2, 0.25) is 0 Å². The Hall–Kier alpha value is -2.16. The van der Waals surface area contributed by atoms with Crippen molar-refractivity contribution in [1.82, 2.24) is 0 Å². The minimum Gasteiger partial charge on any atom is -0.491 e. The van der Waals surface area contributed by atoms with Crippen LogP contribution in [0.5, 0.6) is 5.75 Å². The number of rotatable bonds is 4. The van der Waals surface area contributed by atoms with Gasteiger partial charge in [0.05, 0.1) is 18.3 Å². The van der Waals surface area contributed by atoms with Crippen molar-refractivity contribution in [2.24, 2.45) is 0 Å². The van der Waals surface area contributed by atoms with Crippen molar-refractivity contribution in [1.29, 1.82) is 0 Å². The summed E-state index contributed by atoms with van der Waals surface area (Å²) in [5.41, 5.74) is 3.48. The highest BCUT2D eigenvalue weighted by atomic mass is 16.5. The number of nitrogens with one attached hydrogen (secondary N) is 2. The third-order valence-electron chi connectivity index (χ3n) is 3.50. The van der Waals surface area contributed by atoms with Crippen LogP contribution >= 0.6 is 0 Å². The maximum absolute atomic E-state index is 5.79. The molecule has 0 fully saturated rings. The van der Waals surface area contributed by atoms with E-state index in [1.807, 2.05) is 18.2 Å². The van der Waals surface area contributed by atoms with Gasteiger partial charge in [0.15, 0.2) is 0 Å². The molecule has 1 aliphatic heterocycles. The molecule has 1 aliphatic rings. The van der Waals surface area contributed by atoms with Crippen LogP contribution in [0.15, 0.2) is 48.5 Å². The van der Waals surface area contributed by atoms with Gasteiger partial charge in [0.2, 0.25) is 0 Å². The van der Waals surface area contributed by atoms with Crippen molar-refractivity contribution in [2.75, 3.05) is 23.8 Å². The lowest BCUT2D eigenvalue weighted by molar-refractivity contribution is 0.318. The van der Waals surface area contributed by atoms with Crippen LogP contribution in [0.3, 0.4) is 0 Å². The van der Waals surface area contributed by atoms with Gasteiger partial charge in [-0.15, -0.1) is 0 Å². The lowest BCUT2D eigenvalue weighted by Gasteiger charge is -2.30. The molecule has 2 N–H and O–H groups in total. The molecule has 2 aromatic carbocycles. The summed E-state index contributed by atoms with van der Waals surface area (Å²) >= 11 is 0. The van der Waals surface area contributed by atoms with Gasteiger partial charge in [-0.2, -0.15) is 0 Å². The molecule has 0 radical (unpaired) electrons. The zero-order valence-electron chi connectivity index (χ0n) is 11.7. The van der Waals surface area contributed by atoms with Crippen molar-refractivity contribution < 1.29 is 4.74 Å². The number of fused-ring (bicyclic) bond motifs is 1. The third kappa shape index (κ3) is 2.57. The van der Waals surface area contributed by atoms with E-state index in [1.165, 1.54) is 5.56 Å². The van der Waals surface area contributed by atoms with Crippen LogP contribution in [0.25, 0.3) is 0 Å². The topological polar surface area (TPSA) is 33.3 Å². The first-order valence-electron chi connectivity index (χ1n) is 7.19. The molecule has 0 saturated heterocycles. The lowest BCUT2D eigenvalue weighted by Crippen LogP contribution is -2.26. The maximum Gasteiger partial charge on any atom is 0.144 e. The van der Waals surface area contributed by atoms with E-state index < -0.39 is 0 Å². The molecule has 20 heavy (non-hydrogen) atoms. The molecule has 0 amide bonds. The van der Waals surface area contributed by atoms with Crippen LogP contribution in [-0.2, 0) is 0 Å².